The molecule has 0 aromatic heterocycles. The largest absolute Gasteiger partial charge is 0.481 e. The van der Waals surface area contributed by atoms with E-state index in [2.05, 4.69) is 5.32 Å². The number of morpholine rings is 1. The molecule has 7 nitrogen and oxygen atoms in total. The molecule has 2 amide bonds. The van der Waals surface area contributed by atoms with Gasteiger partial charge in [0.15, 0.2) is 0 Å². The van der Waals surface area contributed by atoms with E-state index in [1.54, 1.807) is 4.90 Å². The molecule has 0 bridgehead atoms. The van der Waals surface area contributed by atoms with Gasteiger partial charge in [-0.3, -0.25) is 4.79 Å². The van der Waals surface area contributed by atoms with Crippen LogP contribution in [0.1, 0.15) is 26.7 Å². The highest BCUT2D eigenvalue weighted by Gasteiger charge is 2.27. The normalized spacial score (nSPS) is 20.4. The lowest BCUT2D eigenvalue weighted by molar-refractivity contribution is -0.138. The SMILES string of the molecule is CC(C)C[C@H](CNC(=O)N1CCOCC1CO)CC(=O)O. The molecule has 7 heteroatoms. The van der Waals surface area contributed by atoms with E-state index in [-0.39, 0.29) is 31.0 Å². The van der Waals surface area contributed by atoms with Crippen molar-refractivity contribution in [1.82, 2.24) is 10.2 Å². The summed E-state index contributed by atoms with van der Waals surface area (Å²) in [6.45, 7) is 5.46. The predicted molar refractivity (Wildman–Crippen MR) is 77.0 cm³/mol. The van der Waals surface area contributed by atoms with Gasteiger partial charge in [0.05, 0.1) is 25.9 Å². The lowest BCUT2D eigenvalue weighted by Gasteiger charge is -2.34. The van der Waals surface area contributed by atoms with Gasteiger partial charge >= 0.3 is 12.0 Å². The molecule has 1 aliphatic rings. The molecule has 0 aromatic rings. The van der Waals surface area contributed by atoms with E-state index in [4.69, 9.17) is 9.84 Å². The molecule has 3 N–H and O–H groups in total. The van der Waals surface area contributed by atoms with Crippen molar-refractivity contribution in [1.29, 1.82) is 0 Å². The Morgan fingerprint density at radius 1 is 1.43 bits per heavy atom. The van der Waals surface area contributed by atoms with Crippen LogP contribution < -0.4 is 5.32 Å². The van der Waals surface area contributed by atoms with Gasteiger partial charge in [0.1, 0.15) is 0 Å². The van der Waals surface area contributed by atoms with E-state index in [9.17, 15) is 14.7 Å². The molecule has 1 saturated heterocycles. The maximum Gasteiger partial charge on any atom is 0.317 e. The van der Waals surface area contributed by atoms with Gasteiger partial charge in [-0.2, -0.15) is 0 Å². The zero-order valence-electron chi connectivity index (χ0n) is 12.7. The standard InChI is InChI=1S/C14H26N2O5/c1-10(2)5-11(6-13(18)19)7-15-14(20)16-3-4-21-9-12(16)8-17/h10-12,17H,3-9H2,1-2H3,(H,15,20)(H,18,19)/t11-,12?/m0/s1. The number of aliphatic carboxylic acids is 1. The molecule has 1 aliphatic heterocycles. The molecule has 0 saturated carbocycles. The zero-order chi connectivity index (χ0) is 15.8. The number of urea groups is 1. The zero-order valence-corrected chi connectivity index (χ0v) is 12.7. The van der Waals surface area contributed by atoms with Crippen molar-refractivity contribution in [2.45, 2.75) is 32.7 Å². The summed E-state index contributed by atoms with van der Waals surface area (Å²) in [6, 6.07) is -0.599. The number of carbonyl (C=O) groups excluding carboxylic acids is 1. The molecule has 21 heavy (non-hydrogen) atoms. The van der Waals surface area contributed by atoms with Crippen molar-refractivity contribution in [3.8, 4) is 0 Å². The number of carboxylic acid groups (broad SMARTS) is 1. The van der Waals surface area contributed by atoms with Crippen LogP contribution in [0.3, 0.4) is 0 Å². The summed E-state index contributed by atoms with van der Waals surface area (Å²) in [4.78, 5) is 24.6. The van der Waals surface area contributed by atoms with Crippen molar-refractivity contribution in [3.05, 3.63) is 0 Å². The fourth-order valence-electron chi connectivity index (χ4n) is 2.56. The van der Waals surface area contributed by atoms with E-state index in [1.165, 1.54) is 0 Å². The molecule has 1 fully saturated rings. The molecule has 122 valence electrons. The second kappa shape index (κ2) is 8.84. The van der Waals surface area contributed by atoms with Crippen LogP contribution in [0.2, 0.25) is 0 Å². The van der Waals surface area contributed by atoms with Gasteiger partial charge in [-0.1, -0.05) is 13.8 Å². The Kier molecular flexibility index (Phi) is 7.45. The third kappa shape index (κ3) is 6.31. The summed E-state index contributed by atoms with van der Waals surface area (Å²) >= 11 is 0. The maximum absolute atomic E-state index is 12.1. The van der Waals surface area contributed by atoms with Crippen LogP contribution in [-0.2, 0) is 9.53 Å². The minimum absolute atomic E-state index is 0.0466. The highest BCUT2D eigenvalue weighted by atomic mass is 16.5. The number of nitrogens with zero attached hydrogens (tertiary/aromatic N) is 1. The average Bonchev–Trinajstić information content (AvgIpc) is 2.43. The molecular formula is C14H26N2O5. The number of aliphatic hydroxyl groups excluding tert-OH is 1. The number of ether oxygens (including phenoxy) is 1. The van der Waals surface area contributed by atoms with E-state index in [0.717, 1.165) is 6.42 Å². The number of amides is 2. The second-order valence-corrected chi connectivity index (χ2v) is 5.88. The number of hydrogen-bond acceptors (Lipinski definition) is 4. The molecule has 0 spiro atoms. The summed E-state index contributed by atoms with van der Waals surface area (Å²) in [7, 11) is 0. The summed E-state index contributed by atoms with van der Waals surface area (Å²) in [5, 5.41) is 20.9. The monoisotopic (exact) mass is 302 g/mol. The molecule has 2 atom stereocenters. The number of rotatable bonds is 7. The van der Waals surface area contributed by atoms with Crippen molar-refractivity contribution in [2.75, 3.05) is 32.9 Å². The van der Waals surface area contributed by atoms with E-state index in [1.807, 2.05) is 13.8 Å². The van der Waals surface area contributed by atoms with Crippen molar-refractivity contribution < 1.29 is 24.5 Å². The van der Waals surface area contributed by atoms with Crippen molar-refractivity contribution in [3.63, 3.8) is 0 Å². The number of hydrogen-bond donors (Lipinski definition) is 3. The van der Waals surface area contributed by atoms with E-state index in [0.29, 0.717) is 32.2 Å². The predicted octanol–water partition coefficient (Wildman–Crippen LogP) is 0.526. The first-order valence-corrected chi connectivity index (χ1v) is 7.38. The van der Waals surface area contributed by atoms with Crippen LogP contribution in [0.25, 0.3) is 0 Å². The summed E-state index contributed by atoms with van der Waals surface area (Å²) < 4.78 is 5.22. The van der Waals surface area contributed by atoms with Gasteiger partial charge in [-0.15, -0.1) is 0 Å². The Hall–Kier alpha value is -1.34. The highest BCUT2D eigenvalue weighted by Crippen LogP contribution is 2.15. The number of nitrogens with one attached hydrogen (secondary N) is 1. The Morgan fingerprint density at radius 3 is 2.71 bits per heavy atom. The second-order valence-electron chi connectivity index (χ2n) is 5.88. The van der Waals surface area contributed by atoms with Gasteiger partial charge in [-0.05, 0) is 18.3 Å². The minimum atomic E-state index is -0.852. The van der Waals surface area contributed by atoms with Crippen LogP contribution >= 0.6 is 0 Å². The first-order valence-electron chi connectivity index (χ1n) is 7.38. The van der Waals surface area contributed by atoms with Gasteiger partial charge in [0.25, 0.3) is 0 Å². The molecule has 1 rings (SSSR count). The van der Waals surface area contributed by atoms with Crippen LogP contribution in [0.4, 0.5) is 4.79 Å². The van der Waals surface area contributed by atoms with Gasteiger partial charge in [-0.25, -0.2) is 4.79 Å². The van der Waals surface area contributed by atoms with Gasteiger partial charge in [0, 0.05) is 19.5 Å². The maximum atomic E-state index is 12.1. The van der Waals surface area contributed by atoms with E-state index >= 15 is 0 Å². The Bertz CT molecular complexity index is 348. The van der Waals surface area contributed by atoms with E-state index < -0.39 is 5.97 Å². The molecule has 1 unspecified atom stereocenters. The molecule has 0 aromatic carbocycles. The van der Waals surface area contributed by atoms with Crippen LogP contribution in [0.5, 0.6) is 0 Å². The third-order valence-electron chi connectivity index (χ3n) is 3.51. The number of carboxylic acids is 1. The Balaban J connectivity index is 2.49. The highest BCUT2D eigenvalue weighted by molar-refractivity contribution is 5.74. The summed E-state index contributed by atoms with van der Waals surface area (Å²) in [5.41, 5.74) is 0. The summed E-state index contributed by atoms with van der Waals surface area (Å²) in [6.07, 6.45) is 0.796. The summed E-state index contributed by atoms with van der Waals surface area (Å²) in [5.74, 6) is -0.561. The van der Waals surface area contributed by atoms with Crippen LogP contribution in [0.15, 0.2) is 0 Å². The molecular weight excluding hydrogens is 276 g/mol. The smallest absolute Gasteiger partial charge is 0.317 e. The number of carbonyl (C=O) groups is 2. The first-order chi connectivity index (χ1) is 9.93. The Morgan fingerprint density at radius 2 is 2.14 bits per heavy atom. The molecule has 1 heterocycles. The first kappa shape index (κ1) is 17.7. The molecule has 0 radical (unpaired) electrons. The third-order valence-corrected chi connectivity index (χ3v) is 3.51. The average molecular weight is 302 g/mol. The lowest BCUT2D eigenvalue weighted by atomic mass is 9.94. The minimum Gasteiger partial charge on any atom is -0.481 e. The van der Waals surface area contributed by atoms with Gasteiger partial charge < -0.3 is 25.2 Å². The quantitative estimate of drug-likeness (QED) is 0.637. The fourth-order valence-corrected chi connectivity index (χ4v) is 2.56. The number of aliphatic hydroxyl groups is 1. The Labute approximate surface area is 125 Å². The van der Waals surface area contributed by atoms with Crippen LogP contribution in [0, 0.1) is 11.8 Å². The topological polar surface area (TPSA) is 99.1 Å². The van der Waals surface area contributed by atoms with Gasteiger partial charge in [0.2, 0.25) is 0 Å². The lowest BCUT2D eigenvalue weighted by Crippen LogP contribution is -2.54. The fraction of sp³-hybridized carbons (Fsp3) is 0.857. The van der Waals surface area contributed by atoms with Crippen molar-refractivity contribution in [2.24, 2.45) is 11.8 Å². The molecule has 0 aliphatic carbocycles. The van der Waals surface area contributed by atoms with Crippen LogP contribution in [-0.4, -0.2) is 66.1 Å². The van der Waals surface area contributed by atoms with Crippen molar-refractivity contribution >= 4 is 12.0 Å².